The first kappa shape index (κ1) is 30.0. The highest BCUT2D eigenvalue weighted by Crippen LogP contribution is 2.28. The number of methoxy groups -OCH3 is 1. The van der Waals surface area contributed by atoms with Gasteiger partial charge >= 0.3 is 0 Å². The Morgan fingerprint density at radius 2 is 1.60 bits per heavy atom. The van der Waals surface area contributed by atoms with E-state index in [4.69, 9.17) is 4.74 Å². The number of rotatable bonds is 10. The average Bonchev–Trinajstić information content (AvgIpc) is 2.99. The van der Waals surface area contributed by atoms with Gasteiger partial charge in [-0.3, -0.25) is 14.4 Å². The van der Waals surface area contributed by atoms with E-state index in [-0.39, 0.29) is 17.4 Å². The third-order valence-electron chi connectivity index (χ3n) is 6.14. The van der Waals surface area contributed by atoms with Crippen LogP contribution in [0.2, 0.25) is 0 Å². The summed E-state index contributed by atoms with van der Waals surface area (Å²) in [6.45, 7) is 3.79. The van der Waals surface area contributed by atoms with Crippen molar-refractivity contribution in [1.29, 1.82) is 0 Å². The second-order valence-electron chi connectivity index (χ2n) is 9.40. The number of carbonyl (C=O) groups is 3. The zero-order chi connectivity index (χ0) is 30.1. The highest BCUT2D eigenvalue weighted by atomic mass is 32.2. The van der Waals surface area contributed by atoms with Gasteiger partial charge in [0.1, 0.15) is 17.2 Å². The minimum Gasteiger partial charge on any atom is -0.508 e. The van der Waals surface area contributed by atoms with Crippen molar-refractivity contribution in [1.82, 2.24) is 5.32 Å². The number of aryl methyl sites for hydroxylation is 1. The Bertz CT molecular complexity index is 1600. The SMILES string of the molecule is COc1cc(O)ccc1/C=C(/NC(=O)c1ccccc1)C(=O)Nc1cccc(SC(C)C(=O)Nc2ccc(C)cc2)c1. The lowest BCUT2D eigenvalue weighted by atomic mass is 10.1. The first-order chi connectivity index (χ1) is 20.2. The quantitative estimate of drug-likeness (QED) is 0.130. The van der Waals surface area contributed by atoms with E-state index in [2.05, 4.69) is 16.0 Å². The van der Waals surface area contributed by atoms with Crippen molar-refractivity contribution < 1.29 is 24.2 Å². The Hall–Kier alpha value is -5.02. The molecule has 0 aromatic heterocycles. The lowest BCUT2D eigenvalue weighted by Gasteiger charge is -2.14. The van der Waals surface area contributed by atoms with Gasteiger partial charge in [0.05, 0.1) is 12.4 Å². The molecule has 3 amide bonds. The molecule has 4 aromatic rings. The van der Waals surface area contributed by atoms with Crippen molar-refractivity contribution in [2.75, 3.05) is 17.7 Å². The number of benzene rings is 4. The van der Waals surface area contributed by atoms with Crippen LogP contribution in [0.25, 0.3) is 6.08 Å². The molecule has 0 bridgehead atoms. The van der Waals surface area contributed by atoms with Crippen molar-refractivity contribution >= 4 is 46.9 Å². The van der Waals surface area contributed by atoms with Crippen LogP contribution in [0.3, 0.4) is 0 Å². The van der Waals surface area contributed by atoms with Gasteiger partial charge in [0.15, 0.2) is 0 Å². The molecule has 0 aliphatic rings. The van der Waals surface area contributed by atoms with Gasteiger partial charge in [0.25, 0.3) is 11.8 Å². The molecule has 1 unspecified atom stereocenters. The summed E-state index contributed by atoms with van der Waals surface area (Å²) in [5.74, 6) is -0.853. The highest BCUT2D eigenvalue weighted by molar-refractivity contribution is 8.00. The number of aromatic hydroxyl groups is 1. The molecule has 4 N–H and O–H groups in total. The maximum atomic E-state index is 13.5. The Morgan fingerprint density at radius 3 is 2.31 bits per heavy atom. The van der Waals surface area contributed by atoms with Crippen molar-refractivity contribution in [2.24, 2.45) is 0 Å². The number of phenols is 1. The minimum absolute atomic E-state index is 0.000543. The molecule has 42 heavy (non-hydrogen) atoms. The average molecular weight is 582 g/mol. The van der Waals surface area contributed by atoms with Crippen LogP contribution in [0.4, 0.5) is 11.4 Å². The van der Waals surface area contributed by atoms with E-state index in [9.17, 15) is 19.5 Å². The van der Waals surface area contributed by atoms with E-state index in [1.54, 1.807) is 54.6 Å². The van der Waals surface area contributed by atoms with E-state index in [1.165, 1.54) is 37.1 Å². The zero-order valence-electron chi connectivity index (χ0n) is 23.4. The second-order valence-corrected chi connectivity index (χ2v) is 10.8. The topological polar surface area (TPSA) is 117 Å². The second kappa shape index (κ2) is 14.0. The number of carbonyl (C=O) groups excluding carboxylic acids is 3. The van der Waals surface area contributed by atoms with Gasteiger partial charge in [0.2, 0.25) is 5.91 Å². The summed E-state index contributed by atoms with van der Waals surface area (Å²) in [6.07, 6.45) is 1.48. The van der Waals surface area contributed by atoms with Crippen LogP contribution in [0.15, 0.2) is 108 Å². The molecule has 4 rings (SSSR count). The maximum absolute atomic E-state index is 13.5. The lowest BCUT2D eigenvalue weighted by molar-refractivity contribution is -0.115. The van der Waals surface area contributed by atoms with Gasteiger partial charge in [-0.1, -0.05) is 42.0 Å². The highest BCUT2D eigenvalue weighted by Gasteiger charge is 2.18. The van der Waals surface area contributed by atoms with Gasteiger partial charge in [-0.25, -0.2) is 0 Å². The number of nitrogens with one attached hydrogen (secondary N) is 3. The Balaban J connectivity index is 1.51. The fraction of sp³-hybridized carbons (Fsp3) is 0.121. The van der Waals surface area contributed by atoms with Crippen molar-refractivity contribution in [3.63, 3.8) is 0 Å². The van der Waals surface area contributed by atoms with E-state index < -0.39 is 17.1 Å². The predicted octanol–water partition coefficient (Wildman–Crippen LogP) is 6.24. The van der Waals surface area contributed by atoms with E-state index in [0.29, 0.717) is 22.6 Å². The monoisotopic (exact) mass is 581 g/mol. The zero-order valence-corrected chi connectivity index (χ0v) is 24.2. The Kier molecular flexibility index (Phi) is 10.0. The number of anilines is 2. The largest absolute Gasteiger partial charge is 0.508 e. The molecule has 0 saturated carbocycles. The van der Waals surface area contributed by atoms with Crippen LogP contribution in [-0.4, -0.2) is 35.2 Å². The summed E-state index contributed by atoms with van der Waals surface area (Å²) in [5, 5.41) is 17.9. The fourth-order valence-electron chi connectivity index (χ4n) is 3.90. The van der Waals surface area contributed by atoms with Crippen LogP contribution in [-0.2, 0) is 9.59 Å². The van der Waals surface area contributed by atoms with E-state index in [0.717, 1.165) is 16.1 Å². The maximum Gasteiger partial charge on any atom is 0.272 e. The molecule has 0 radical (unpaired) electrons. The molecular weight excluding hydrogens is 550 g/mol. The molecule has 4 aromatic carbocycles. The first-order valence-corrected chi connectivity index (χ1v) is 14.0. The molecule has 0 fully saturated rings. The summed E-state index contributed by atoms with van der Waals surface area (Å²) in [4.78, 5) is 39.9. The Labute approximate surface area is 248 Å². The standard InChI is InChI=1S/C33H31N3O5S/c1-21-12-15-25(16-13-21)34-31(38)22(2)42-28-11-7-10-26(19-28)35-33(40)29(36-32(39)23-8-5-4-6-9-23)18-24-14-17-27(37)20-30(24)41-3/h4-20,22,37H,1-3H3,(H,34,38)(H,35,40)(H,36,39)/b29-18+. The molecule has 0 heterocycles. The van der Waals surface area contributed by atoms with Crippen LogP contribution >= 0.6 is 11.8 Å². The van der Waals surface area contributed by atoms with Crippen LogP contribution < -0.4 is 20.7 Å². The molecular formula is C33H31N3O5S. The van der Waals surface area contributed by atoms with Gasteiger partial charge in [-0.15, -0.1) is 11.8 Å². The number of amides is 3. The number of hydrogen-bond acceptors (Lipinski definition) is 6. The normalized spacial score (nSPS) is 11.7. The fourth-order valence-corrected chi connectivity index (χ4v) is 4.83. The smallest absolute Gasteiger partial charge is 0.272 e. The number of thioether (sulfide) groups is 1. The van der Waals surface area contributed by atoms with Crippen molar-refractivity contribution in [3.05, 3.63) is 119 Å². The summed E-state index contributed by atoms with van der Waals surface area (Å²) in [5.41, 5.74) is 3.14. The van der Waals surface area contributed by atoms with Gasteiger partial charge in [-0.2, -0.15) is 0 Å². The molecule has 8 nitrogen and oxygen atoms in total. The van der Waals surface area contributed by atoms with Crippen LogP contribution in [0.5, 0.6) is 11.5 Å². The molecule has 0 aliphatic carbocycles. The molecule has 0 aliphatic heterocycles. The van der Waals surface area contributed by atoms with Crippen LogP contribution in [0, 0.1) is 6.92 Å². The third-order valence-corrected chi connectivity index (χ3v) is 7.23. The van der Waals surface area contributed by atoms with E-state index >= 15 is 0 Å². The van der Waals surface area contributed by atoms with Crippen molar-refractivity contribution in [2.45, 2.75) is 24.0 Å². The summed E-state index contributed by atoms with van der Waals surface area (Å²) in [7, 11) is 1.44. The lowest BCUT2D eigenvalue weighted by Crippen LogP contribution is -2.30. The summed E-state index contributed by atoms with van der Waals surface area (Å²) in [6, 6.07) is 27.7. The van der Waals surface area contributed by atoms with Gasteiger partial charge in [-0.05, 0) is 74.5 Å². The van der Waals surface area contributed by atoms with E-state index in [1.807, 2.05) is 44.2 Å². The third kappa shape index (κ3) is 8.25. The number of phenolic OH excluding ortho intramolecular Hbond substituents is 1. The molecule has 214 valence electrons. The van der Waals surface area contributed by atoms with Gasteiger partial charge in [0, 0.05) is 33.5 Å². The summed E-state index contributed by atoms with van der Waals surface area (Å²) >= 11 is 1.35. The van der Waals surface area contributed by atoms with Crippen molar-refractivity contribution in [3.8, 4) is 11.5 Å². The molecule has 0 spiro atoms. The Morgan fingerprint density at radius 1 is 0.857 bits per heavy atom. The number of ether oxygens (including phenoxy) is 1. The minimum atomic E-state index is -0.568. The van der Waals surface area contributed by atoms with Crippen LogP contribution in [0.1, 0.15) is 28.4 Å². The van der Waals surface area contributed by atoms with Gasteiger partial charge < -0.3 is 25.8 Å². The first-order valence-electron chi connectivity index (χ1n) is 13.1. The molecule has 1 atom stereocenters. The molecule has 9 heteroatoms. The predicted molar refractivity (Wildman–Crippen MR) is 167 cm³/mol. The number of hydrogen-bond donors (Lipinski definition) is 4. The summed E-state index contributed by atoms with van der Waals surface area (Å²) < 4.78 is 5.34. The molecule has 0 saturated heterocycles.